The van der Waals surface area contributed by atoms with Crippen LogP contribution in [0.4, 0.5) is 0 Å². The molecule has 0 radical (unpaired) electrons. The van der Waals surface area contributed by atoms with Gasteiger partial charge in [-0.25, -0.2) is 0 Å². The first-order valence-electron chi connectivity index (χ1n) is 8.00. The van der Waals surface area contributed by atoms with E-state index in [2.05, 4.69) is 34.5 Å². The highest BCUT2D eigenvalue weighted by molar-refractivity contribution is 5.93. The topological polar surface area (TPSA) is 58.4 Å². The average Bonchev–Trinajstić information content (AvgIpc) is 2.61. The van der Waals surface area contributed by atoms with Crippen molar-refractivity contribution < 1.29 is 4.79 Å². The Morgan fingerprint density at radius 2 is 1.70 bits per heavy atom. The zero-order valence-electron chi connectivity index (χ0n) is 13.7. The molecule has 2 rings (SSSR count). The first kappa shape index (κ1) is 17.2. The van der Waals surface area contributed by atoms with Gasteiger partial charge in [0.05, 0.1) is 0 Å². The van der Waals surface area contributed by atoms with Crippen LogP contribution in [0.3, 0.4) is 0 Å². The molecule has 0 aliphatic heterocycles. The standard InChI is InChI=1S/C19H25N3O/c1-21-19(23)18-9-7-17(8-10-18)15-22(14-12-20)13-11-16-5-3-2-4-6-16/h2-10H,11-15,20H2,1H3,(H,21,23). The van der Waals surface area contributed by atoms with E-state index in [1.165, 1.54) is 11.1 Å². The molecule has 23 heavy (non-hydrogen) atoms. The Hall–Kier alpha value is -2.17. The molecular formula is C19H25N3O. The minimum Gasteiger partial charge on any atom is -0.355 e. The van der Waals surface area contributed by atoms with Gasteiger partial charge in [-0.1, -0.05) is 42.5 Å². The van der Waals surface area contributed by atoms with Gasteiger partial charge in [-0.3, -0.25) is 9.69 Å². The second-order valence-electron chi connectivity index (χ2n) is 5.58. The fraction of sp³-hybridized carbons (Fsp3) is 0.316. The van der Waals surface area contributed by atoms with Crippen LogP contribution in [0.5, 0.6) is 0 Å². The summed E-state index contributed by atoms with van der Waals surface area (Å²) in [6.07, 6.45) is 1.01. The molecular weight excluding hydrogens is 286 g/mol. The van der Waals surface area contributed by atoms with E-state index in [4.69, 9.17) is 5.73 Å². The Bertz CT molecular complexity index is 596. The molecule has 122 valence electrons. The minimum absolute atomic E-state index is 0.0561. The molecule has 4 heteroatoms. The summed E-state index contributed by atoms with van der Waals surface area (Å²) in [6.45, 7) is 3.33. The van der Waals surface area contributed by atoms with Crippen molar-refractivity contribution in [1.29, 1.82) is 0 Å². The predicted molar refractivity (Wildman–Crippen MR) is 94.3 cm³/mol. The van der Waals surface area contributed by atoms with Gasteiger partial charge >= 0.3 is 0 Å². The van der Waals surface area contributed by atoms with Crippen LogP contribution < -0.4 is 11.1 Å². The summed E-state index contributed by atoms with van der Waals surface area (Å²) in [5.41, 5.74) is 8.96. The lowest BCUT2D eigenvalue weighted by Crippen LogP contribution is -2.31. The van der Waals surface area contributed by atoms with Gasteiger partial charge in [0.15, 0.2) is 0 Å². The molecule has 0 saturated heterocycles. The summed E-state index contributed by atoms with van der Waals surface area (Å²) in [7, 11) is 1.64. The van der Waals surface area contributed by atoms with Crippen molar-refractivity contribution in [3.05, 3.63) is 71.3 Å². The largest absolute Gasteiger partial charge is 0.355 e. The van der Waals surface area contributed by atoms with Crippen molar-refractivity contribution in [2.24, 2.45) is 5.73 Å². The molecule has 0 heterocycles. The fourth-order valence-corrected chi connectivity index (χ4v) is 2.55. The number of carbonyl (C=O) groups is 1. The maximum Gasteiger partial charge on any atom is 0.251 e. The molecule has 0 fully saturated rings. The van der Waals surface area contributed by atoms with Crippen LogP contribution in [0.1, 0.15) is 21.5 Å². The van der Waals surface area contributed by atoms with Crippen molar-refractivity contribution in [3.63, 3.8) is 0 Å². The molecule has 0 aromatic heterocycles. The van der Waals surface area contributed by atoms with Gasteiger partial charge in [0, 0.05) is 38.8 Å². The summed E-state index contributed by atoms with van der Waals surface area (Å²) < 4.78 is 0. The summed E-state index contributed by atoms with van der Waals surface area (Å²) in [6, 6.07) is 18.2. The van der Waals surface area contributed by atoms with Crippen LogP contribution in [0.25, 0.3) is 0 Å². The van der Waals surface area contributed by atoms with Crippen molar-refractivity contribution in [2.75, 3.05) is 26.7 Å². The second kappa shape index (κ2) is 9.08. The number of benzene rings is 2. The van der Waals surface area contributed by atoms with E-state index >= 15 is 0 Å². The normalized spacial score (nSPS) is 10.7. The van der Waals surface area contributed by atoms with E-state index in [1.54, 1.807) is 7.05 Å². The molecule has 2 aromatic rings. The molecule has 1 amide bonds. The first-order chi connectivity index (χ1) is 11.2. The van der Waals surface area contributed by atoms with Gasteiger partial charge < -0.3 is 11.1 Å². The lowest BCUT2D eigenvalue weighted by Gasteiger charge is -2.22. The number of hydrogen-bond acceptors (Lipinski definition) is 3. The van der Waals surface area contributed by atoms with E-state index in [-0.39, 0.29) is 5.91 Å². The Labute approximate surface area is 138 Å². The number of rotatable bonds is 8. The molecule has 0 atom stereocenters. The van der Waals surface area contributed by atoms with E-state index in [1.807, 2.05) is 30.3 Å². The van der Waals surface area contributed by atoms with Gasteiger partial charge in [0.1, 0.15) is 0 Å². The van der Waals surface area contributed by atoms with Crippen LogP contribution in [0.2, 0.25) is 0 Å². The van der Waals surface area contributed by atoms with Crippen LogP contribution in [0, 0.1) is 0 Å². The highest BCUT2D eigenvalue weighted by atomic mass is 16.1. The number of nitrogens with one attached hydrogen (secondary N) is 1. The number of hydrogen-bond donors (Lipinski definition) is 2. The third-order valence-corrected chi connectivity index (χ3v) is 3.85. The molecule has 0 aliphatic carbocycles. The quantitative estimate of drug-likeness (QED) is 0.784. The van der Waals surface area contributed by atoms with Crippen LogP contribution in [-0.2, 0) is 13.0 Å². The van der Waals surface area contributed by atoms with Gasteiger partial charge in [-0.05, 0) is 29.7 Å². The lowest BCUT2D eigenvalue weighted by molar-refractivity contribution is 0.0963. The van der Waals surface area contributed by atoms with Gasteiger partial charge in [-0.15, -0.1) is 0 Å². The van der Waals surface area contributed by atoms with Gasteiger partial charge in [0.25, 0.3) is 5.91 Å². The predicted octanol–water partition coefficient (Wildman–Crippen LogP) is 2.05. The van der Waals surface area contributed by atoms with Gasteiger partial charge in [0.2, 0.25) is 0 Å². The third kappa shape index (κ3) is 5.51. The zero-order chi connectivity index (χ0) is 16.5. The second-order valence-corrected chi connectivity index (χ2v) is 5.58. The number of amides is 1. The maximum atomic E-state index is 11.6. The first-order valence-corrected chi connectivity index (χ1v) is 8.00. The summed E-state index contributed by atoms with van der Waals surface area (Å²) in [5.74, 6) is -0.0561. The van der Waals surface area contributed by atoms with Crippen molar-refractivity contribution in [1.82, 2.24) is 10.2 Å². The van der Waals surface area contributed by atoms with Crippen LogP contribution in [-0.4, -0.2) is 37.5 Å². The molecule has 4 nitrogen and oxygen atoms in total. The van der Waals surface area contributed by atoms with Crippen molar-refractivity contribution >= 4 is 5.91 Å². The van der Waals surface area contributed by atoms with Crippen LogP contribution >= 0.6 is 0 Å². The van der Waals surface area contributed by atoms with E-state index < -0.39 is 0 Å². The highest BCUT2D eigenvalue weighted by Gasteiger charge is 2.07. The van der Waals surface area contributed by atoms with E-state index in [0.717, 1.165) is 26.1 Å². The minimum atomic E-state index is -0.0561. The van der Waals surface area contributed by atoms with E-state index in [0.29, 0.717) is 12.1 Å². The molecule has 0 saturated carbocycles. The Morgan fingerprint density at radius 3 is 2.30 bits per heavy atom. The van der Waals surface area contributed by atoms with Crippen molar-refractivity contribution in [2.45, 2.75) is 13.0 Å². The van der Waals surface area contributed by atoms with Gasteiger partial charge in [-0.2, -0.15) is 0 Å². The Balaban J connectivity index is 1.94. The van der Waals surface area contributed by atoms with Crippen LogP contribution in [0.15, 0.2) is 54.6 Å². The summed E-state index contributed by atoms with van der Waals surface area (Å²) >= 11 is 0. The third-order valence-electron chi connectivity index (χ3n) is 3.85. The molecule has 2 aromatic carbocycles. The summed E-state index contributed by atoms with van der Waals surface area (Å²) in [5, 5.41) is 2.63. The SMILES string of the molecule is CNC(=O)c1ccc(CN(CCN)CCc2ccccc2)cc1. The number of carbonyl (C=O) groups excluding carboxylic acids is 1. The molecule has 3 N–H and O–H groups in total. The lowest BCUT2D eigenvalue weighted by atomic mass is 10.1. The van der Waals surface area contributed by atoms with E-state index in [9.17, 15) is 4.79 Å². The molecule has 0 spiro atoms. The monoisotopic (exact) mass is 311 g/mol. The molecule has 0 aliphatic rings. The summed E-state index contributed by atoms with van der Waals surface area (Å²) in [4.78, 5) is 13.9. The van der Waals surface area contributed by atoms with Crippen molar-refractivity contribution in [3.8, 4) is 0 Å². The molecule has 0 unspecified atom stereocenters. The fourth-order valence-electron chi connectivity index (χ4n) is 2.55. The number of nitrogens with zero attached hydrogens (tertiary/aromatic N) is 1. The zero-order valence-corrected chi connectivity index (χ0v) is 13.7. The Morgan fingerprint density at radius 1 is 1.00 bits per heavy atom. The highest BCUT2D eigenvalue weighted by Crippen LogP contribution is 2.09. The maximum absolute atomic E-state index is 11.6. The average molecular weight is 311 g/mol. The molecule has 0 bridgehead atoms. The Kier molecular flexibility index (Phi) is 6.78. The smallest absolute Gasteiger partial charge is 0.251 e. The number of nitrogens with two attached hydrogens (primary N) is 1.